The van der Waals surface area contributed by atoms with Gasteiger partial charge in [-0.25, -0.2) is 0 Å². The SMILES string of the molecule is c1ccc(-c2cc(-c3ccccc3)cc(-c3ccc(-n4c5ccccc5c5c4ccc4c6ccccc6n(-c6ccc7ccccc7c6)c45)cc3)c2)cc1.c1ccc(-c2ccc(-n3c4ccccc4c4ccc5c(c6ccccc6n5-c5ccc(-c6cc(-c7ccccc7)cc(-c7ccccc7)c6)cc5)c43)cc2)cc1. The minimum absolute atomic E-state index is 1.14. The molecule has 0 unspecified atom stereocenters. The van der Waals surface area contributed by atoms with Crippen molar-refractivity contribution < 1.29 is 0 Å². The summed E-state index contributed by atoms with van der Waals surface area (Å²) in [6, 6.07) is 155. The Labute approximate surface area is 637 Å². The standard InChI is InChI=1S/C54H36N2.C52H34N2/c1-4-14-37(15-5-1)40-24-30-46(31-25-40)56-50-22-12-10-20-47(50)48-32-33-52-53(54(48)56)49-21-11-13-23-51(49)55(52)45-28-26-41(27-29-45)44-35-42(38-16-6-2-7-17-38)34-43(36-44)39-18-8-3-9-19-39;1-3-13-35(14-4-1)40-31-41(36-15-5-2-6-16-36)33-42(32-40)38-23-26-43(27-24-38)53-49-22-12-10-20-47(49)51-50(53)30-29-46-45-19-9-11-21-48(45)54(52(46)51)44-28-25-37-17-7-8-18-39(37)34-44/h1-36H;1-34H. The molecule has 4 heteroatoms. The quantitative estimate of drug-likeness (QED) is 0.123. The van der Waals surface area contributed by atoms with Crippen LogP contribution in [0, 0.1) is 0 Å². The molecular formula is C106H70N4. The highest BCUT2D eigenvalue weighted by atomic mass is 15.0. The van der Waals surface area contributed by atoms with E-state index in [2.05, 4.69) is 443 Å². The minimum atomic E-state index is 1.14. The van der Waals surface area contributed by atoms with E-state index in [-0.39, 0.29) is 0 Å². The summed E-state index contributed by atoms with van der Waals surface area (Å²) in [4.78, 5) is 0. The third-order valence-corrected chi connectivity index (χ3v) is 22.4. The van der Waals surface area contributed by atoms with Crippen LogP contribution in [-0.2, 0) is 0 Å². The third kappa shape index (κ3) is 11.0. The lowest BCUT2D eigenvalue weighted by Gasteiger charge is -2.13. The van der Waals surface area contributed by atoms with E-state index >= 15 is 0 Å². The topological polar surface area (TPSA) is 19.7 Å². The van der Waals surface area contributed by atoms with Crippen LogP contribution in [0.4, 0.5) is 0 Å². The molecular weight excluding hydrogens is 1330 g/mol. The molecule has 514 valence electrons. The van der Waals surface area contributed by atoms with Crippen molar-refractivity contribution in [2.45, 2.75) is 0 Å². The van der Waals surface area contributed by atoms with E-state index < -0.39 is 0 Å². The molecule has 0 aliphatic carbocycles. The first-order valence-electron chi connectivity index (χ1n) is 37.9. The minimum Gasteiger partial charge on any atom is -0.309 e. The molecule has 0 radical (unpaired) electrons. The molecule has 0 amide bonds. The molecule has 0 N–H and O–H groups in total. The molecule has 18 aromatic carbocycles. The number of para-hydroxylation sites is 4. The number of hydrogen-bond acceptors (Lipinski definition) is 0. The maximum Gasteiger partial charge on any atom is 0.0641 e. The van der Waals surface area contributed by atoms with Crippen molar-refractivity contribution in [3.8, 4) is 101 Å². The van der Waals surface area contributed by atoms with Crippen LogP contribution >= 0.6 is 0 Å². The lowest BCUT2D eigenvalue weighted by molar-refractivity contribution is 1.17. The van der Waals surface area contributed by atoms with Crippen LogP contribution < -0.4 is 0 Å². The van der Waals surface area contributed by atoms with E-state index in [1.165, 1.54) is 182 Å². The number of benzene rings is 18. The number of rotatable bonds is 11. The molecule has 110 heavy (non-hydrogen) atoms. The van der Waals surface area contributed by atoms with E-state index in [4.69, 9.17) is 0 Å². The lowest BCUT2D eigenvalue weighted by Crippen LogP contribution is -1.95. The van der Waals surface area contributed by atoms with Gasteiger partial charge in [-0.3, -0.25) is 0 Å². The molecule has 4 nitrogen and oxygen atoms in total. The second-order valence-electron chi connectivity index (χ2n) is 28.7. The summed E-state index contributed by atoms with van der Waals surface area (Å²) in [5.41, 5.74) is 31.1. The van der Waals surface area contributed by atoms with E-state index in [1.807, 2.05) is 0 Å². The van der Waals surface area contributed by atoms with Gasteiger partial charge >= 0.3 is 0 Å². The highest BCUT2D eigenvalue weighted by Gasteiger charge is 2.24. The summed E-state index contributed by atoms with van der Waals surface area (Å²) in [7, 11) is 0. The maximum atomic E-state index is 2.48. The monoisotopic (exact) mass is 1400 g/mol. The van der Waals surface area contributed by atoms with Crippen molar-refractivity contribution >= 4 is 98.0 Å². The average molecular weight is 1400 g/mol. The van der Waals surface area contributed by atoms with E-state index in [0.717, 1.165) is 17.1 Å². The second-order valence-corrected chi connectivity index (χ2v) is 28.7. The largest absolute Gasteiger partial charge is 0.309 e. The van der Waals surface area contributed by atoms with E-state index in [9.17, 15) is 0 Å². The molecule has 0 aliphatic heterocycles. The number of fused-ring (bicyclic) bond motifs is 15. The highest BCUT2D eigenvalue weighted by molar-refractivity contribution is 6.28. The normalized spacial score (nSPS) is 11.6. The van der Waals surface area contributed by atoms with Crippen LogP contribution in [0.3, 0.4) is 0 Å². The van der Waals surface area contributed by atoms with Crippen molar-refractivity contribution in [2.75, 3.05) is 0 Å². The maximum absolute atomic E-state index is 2.48. The van der Waals surface area contributed by atoms with Gasteiger partial charge in [0.2, 0.25) is 0 Å². The van der Waals surface area contributed by atoms with Crippen molar-refractivity contribution in [3.63, 3.8) is 0 Å². The Bertz CT molecular complexity index is 7140. The molecule has 0 saturated heterocycles. The fourth-order valence-electron chi connectivity index (χ4n) is 17.2. The Morgan fingerprint density at radius 2 is 0.382 bits per heavy atom. The van der Waals surface area contributed by atoms with Gasteiger partial charge in [-0.2, -0.15) is 0 Å². The summed E-state index contributed by atoms with van der Waals surface area (Å²) in [6.07, 6.45) is 0. The van der Waals surface area contributed by atoms with Crippen molar-refractivity contribution in [1.82, 2.24) is 18.3 Å². The van der Waals surface area contributed by atoms with Crippen LogP contribution in [0.1, 0.15) is 0 Å². The predicted molar refractivity (Wildman–Crippen MR) is 466 cm³/mol. The lowest BCUT2D eigenvalue weighted by atomic mass is 9.93. The Hall–Kier alpha value is -14.6. The third-order valence-electron chi connectivity index (χ3n) is 22.4. The van der Waals surface area contributed by atoms with E-state index in [0.29, 0.717) is 0 Å². The first-order valence-corrected chi connectivity index (χ1v) is 37.9. The van der Waals surface area contributed by atoms with Gasteiger partial charge in [0.05, 0.1) is 44.1 Å². The molecule has 22 aromatic rings. The van der Waals surface area contributed by atoms with Gasteiger partial charge in [0.15, 0.2) is 0 Å². The van der Waals surface area contributed by atoms with Gasteiger partial charge in [-0.05, 0) is 210 Å². The van der Waals surface area contributed by atoms with E-state index in [1.54, 1.807) is 0 Å². The molecule has 4 heterocycles. The van der Waals surface area contributed by atoms with Gasteiger partial charge in [0.1, 0.15) is 0 Å². The summed E-state index contributed by atoms with van der Waals surface area (Å²) in [5.74, 6) is 0. The van der Waals surface area contributed by atoms with Crippen molar-refractivity contribution in [3.05, 3.63) is 425 Å². The molecule has 0 fully saturated rings. The zero-order valence-electron chi connectivity index (χ0n) is 60.2. The highest BCUT2D eigenvalue weighted by Crippen LogP contribution is 2.46. The summed E-state index contributed by atoms with van der Waals surface area (Å²) < 4.78 is 9.81. The summed E-state index contributed by atoms with van der Waals surface area (Å²) >= 11 is 0. The van der Waals surface area contributed by atoms with Crippen LogP contribution in [0.5, 0.6) is 0 Å². The Kier molecular flexibility index (Phi) is 15.5. The molecule has 0 aliphatic rings. The fourth-order valence-corrected chi connectivity index (χ4v) is 17.2. The second kappa shape index (κ2) is 26.8. The van der Waals surface area contributed by atoms with Gasteiger partial charge in [0.25, 0.3) is 0 Å². The first-order chi connectivity index (χ1) is 54.6. The number of aromatic nitrogens is 4. The Morgan fingerprint density at radius 3 is 0.745 bits per heavy atom. The van der Waals surface area contributed by atoms with Crippen LogP contribution in [0.25, 0.3) is 199 Å². The number of nitrogens with zero attached hydrogens (tertiary/aromatic N) is 4. The van der Waals surface area contributed by atoms with Crippen LogP contribution in [0.2, 0.25) is 0 Å². The summed E-state index contributed by atoms with van der Waals surface area (Å²) in [6.45, 7) is 0. The van der Waals surface area contributed by atoms with Gasteiger partial charge < -0.3 is 18.3 Å². The Morgan fingerprint density at radius 1 is 0.127 bits per heavy atom. The zero-order chi connectivity index (χ0) is 72.6. The molecule has 4 aromatic heterocycles. The van der Waals surface area contributed by atoms with Crippen molar-refractivity contribution in [1.29, 1.82) is 0 Å². The van der Waals surface area contributed by atoms with Gasteiger partial charge in [0, 0.05) is 65.8 Å². The van der Waals surface area contributed by atoms with Gasteiger partial charge in [-0.15, -0.1) is 0 Å². The first kappa shape index (κ1) is 63.9. The average Bonchev–Trinajstić information content (AvgIpc) is 1.55. The molecule has 0 bridgehead atoms. The zero-order valence-corrected chi connectivity index (χ0v) is 60.2. The van der Waals surface area contributed by atoms with Crippen LogP contribution in [0.15, 0.2) is 425 Å². The molecule has 0 saturated carbocycles. The van der Waals surface area contributed by atoms with Crippen molar-refractivity contribution in [2.24, 2.45) is 0 Å². The Balaban J connectivity index is 0.000000140. The molecule has 0 atom stereocenters. The molecule has 0 spiro atoms. The van der Waals surface area contributed by atoms with Gasteiger partial charge in [-0.1, -0.05) is 303 Å². The molecule has 22 rings (SSSR count). The van der Waals surface area contributed by atoms with Crippen LogP contribution in [-0.4, -0.2) is 18.3 Å². The summed E-state index contributed by atoms with van der Waals surface area (Å²) in [5, 5.41) is 12.5. The fraction of sp³-hybridized carbons (Fsp3) is 0. The number of hydrogen-bond donors (Lipinski definition) is 0. The predicted octanol–water partition coefficient (Wildman–Crippen LogP) is 28.6. The smallest absolute Gasteiger partial charge is 0.0641 e.